The smallest absolute Gasteiger partial charge is 0.205 e. The Bertz CT molecular complexity index is 732. The summed E-state index contributed by atoms with van der Waals surface area (Å²) in [5.74, 6) is 0.324. The van der Waals surface area contributed by atoms with Crippen molar-refractivity contribution in [2.75, 3.05) is 7.11 Å². The number of rotatable bonds is 1. The number of aliphatic hydroxyl groups is 1. The zero-order valence-electron chi connectivity index (χ0n) is 15.8. The molecule has 4 rings (SSSR count). The molecule has 4 nitrogen and oxygen atoms in total. The number of hydrogen-bond acceptors (Lipinski definition) is 4. The predicted molar refractivity (Wildman–Crippen MR) is 93.5 cm³/mol. The summed E-state index contributed by atoms with van der Waals surface area (Å²) in [4.78, 5) is 27.5. The van der Waals surface area contributed by atoms with Crippen LogP contribution in [-0.2, 0) is 14.3 Å². The van der Waals surface area contributed by atoms with Gasteiger partial charge < -0.3 is 9.84 Å². The van der Waals surface area contributed by atoms with Crippen molar-refractivity contribution < 1.29 is 19.4 Å². The van der Waals surface area contributed by atoms with Crippen molar-refractivity contribution >= 4 is 11.6 Å². The highest BCUT2D eigenvalue weighted by molar-refractivity contribution is 6.17. The highest BCUT2D eigenvalue weighted by Crippen LogP contribution is 2.74. The van der Waals surface area contributed by atoms with Gasteiger partial charge in [0.15, 0.2) is 11.5 Å². The van der Waals surface area contributed by atoms with E-state index in [1.165, 1.54) is 12.7 Å². The molecule has 0 bridgehead atoms. The number of allylic oxidation sites excluding steroid dienone is 4. The van der Waals surface area contributed by atoms with Crippen LogP contribution < -0.4 is 0 Å². The Morgan fingerprint density at radius 3 is 2.48 bits per heavy atom. The van der Waals surface area contributed by atoms with Crippen LogP contribution in [0.25, 0.3) is 0 Å². The minimum atomic E-state index is -0.799. The molecule has 0 aromatic heterocycles. The van der Waals surface area contributed by atoms with Crippen molar-refractivity contribution in [1.29, 1.82) is 0 Å². The van der Waals surface area contributed by atoms with Gasteiger partial charge in [0.1, 0.15) is 0 Å². The molecular weight excluding hydrogens is 316 g/mol. The lowest BCUT2D eigenvalue weighted by atomic mass is 9.37. The summed E-state index contributed by atoms with van der Waals surface area (Å²) in [5.41, 5.74) is 0.0635. The summed E-state index contributed by atoms with van der Waals surface area (Å²) in [6.45, 7) is 7.97. The number of hydrogen-bond donors (Lipinski definition) is 1. The Morgan fingerprint density at radius 2 is 1.84 bits per heavy atom. The summed E-state index contributed by atoms with van der Waals surface area (Å²) in [7, 11) is 1.48. The van der Waals surface area contributed by atoms with Crippen LogP contribution in [0.15, 0.2) is 23.0 Å². The SMILES string of the molecule is COC1=C(C)C(=O)C23C4C=C(C)CC2(C1=O)[C@@H](C)C[C@H](O)C3C(C)C4. The van der Waals surface area contributed by atoms with E-state index in [0.717, 1.165) is 6.42 Å². The van der Waals surface area contributed by atoms with Crippen molar-refractivity contribution in [3.63, 3.8) is 0 Å². The van der Waals surface area contributed by atoms with Gasteiger partial charge in [0.05, 0.1) is 24.0 Å². The van der Waals surface area contributed by atoms with Gasteiger partial charge in [-0.05, 0) is 50.9 Å². The number of ether oxygens (including phenoxy) is 1. The van der Waals surface area contributed by atoms with E-state index < -0.39 is 16.9 Å². The van der Waals surface area contributed by atoms with Gasteiger partial charge in [0, 0.05) is 11.5 Å². The summed E-state index contributed by atoms with van der Waals surface area (Å²) in [6, 6.07) is 0. The van der Waals surface area contributed by atoms with E-state index in [-0.39, 0.29) is 41.0 Å². The summed E-state index contributed by atoms with van der Waals surface area (Å²) in [5, 5.41) is 11.0. The number of aliphatic hydroxyl groups excluding tert-OH is 1. The number of methoxy groups -OCH3 is 1. The van der Waals surface area contributed by atoms with E-state index in [0.29, 0.717) is 18.4 Å². The number of ketones is 2. The average Bonchev–Trinajstić information content (AvgIpc) is 2.84. The Morgan fingerprint density at radius 1 is 1.16 bits per heavy atom. The Hall–Kier alpha value is -1.42. The fourth-order valence-corrected chi connectivity index (χ4v) is 7.27. The van der Waals surface area contributed by atoms with E-state index in [2.05, 4.69) is 19.9 Å². The van der Waals surface area contributed by atoms with E-state index in [4.69, 9.17) is 4.74 Å². The zero-order valence-corrected chi connectivity index (χ0v) is 15.8. The first kappa shape index (κ1) is 17.0. The highest BCUT2D eigenvalue weighted by atomic mass is 16.5. The molecule has 4 heteroatoms. The van der Waals surface area contributed by atoms with Crippen molar-refractivity contribution in [2.45, 2.75) is 53.1 Å². The average molecular weight is 344 g/mol. The molecule has 1 N–H and O–H groups in total. The molecular formula is C21H28O4. The first-order valence-electron chi connectivity index (χ1n) is 9.43. The fourth-order valence-electron chi connectivity index (χ4n) is 7.27. The van der Waals surface area contributed by atoms with Crippen molar-refractivity contribution in [1.82, 2.24) is 0 Å². The summed E-state index contributed by atoms with van der Waals surface area (Å²) >= 11 is 0. The van der Waals surface area contributed by atoms with Crippen LogP contribution in [0.1, 0.15) is 47.0 Å². The maximum atomic E-state index is 13.8. The van der Waals surface area contributed by atoms with Gasteiger partial charge in [-0.2, -0.15) is 0 Å². The molecule has 1 spiro atoms. The molecule has 7 atom stereocenters. The van der Waals surface area contributed by atoms with Crippen LogP contribution in [0.4, 0.5) is 0 Å². The van der Waals surface area contributed by atoms with E-state index >= 15 is 0 Å². The van der Waals surface area contributed by atoms with Crippen LogP contribution in [-0.4, -0.2) is 29.9 Å². The molecule has 0 heterocycles. The number of carbonyl (C=O) groups is 2. The highest BCUT2D eigenvalue weighted by Gasteiger charge is 2.77. The third-order valence-corrected chi connectivity index (χ3v) is 7.85. The maximum absolute atomic E-state index is 13.8. The van der Waals surface area contributed by atoms with E-state index in [9.17, 15) is 14.7 Å². The Labute approximate surface area is 149 Å². The molecule has 4 aliphatic rings. The van der Waals surface area contributed by atoms with Gasteiger partial charge in [0.2, 0.25) is 5.78 Å². The van der Waals surface area contributed by atoms with Crippen LogP contribution >= 0.6 is 0 Å². The topological polar surface area (TPSA) is 63.6 Å². The van der Waals surface area contributed by atoms with Crippen LogP contribution in [0.3, 0.4) is 0 Å². The molecule has 0 aromatic rings. The minimum absolute atomic E-state index is 0.0111. The lowest BCUT2D eigenvalue weighted by Gasteiger charge is -2.63. The molecule has 5 unspecified atom stereocenters. The van der Waals surface area contributed by atoms with Crippen molar-refractivity contribution in [3.05, 3.63) is 23.0 Å². The minimum Gasteiger partial charge on any atom is -0.493 e. The van der Waals surface area contributed by atoms with Crippen LogP contribution in [0.2, 0.25) is 0 Å². The maximum Gasteiger partial charge on any atom is 0.205 e. The molecule has 4 aliphatic carbocycles. The van der Waals surface area contributed by atoms with E-state index in [1.807, 2.05) is 6.92 Å². The molecule has 2 fully saturated rings. The van der Waals surface area contributed by atoms with E-state index in [1.54, 1.807) is 6.92 Å². The molecule has 2 saturated carbocycles. The molecule has 136 valence electrons. The summed E-state index contributed by atoms with van der Waals surface area (Å²) < 4.78 is 5.43. The van der Waals surface area contributed by atoms with Gasteiger partial charge in [-0.15, -0.1) is 0 Å². The largest absolute Gasteiger partial charge is 0.493 e. The van der Waals surface area contributed by atoms with Crippen molar-refractivity contribution in [2.24, 2.45) is 34.5 Å². The van der Waals surface area contributed by atoms with Gasteiger partial charge in [-0.1, -0.05) is 25.5 Å². The van der Waals surface area contributed by atoms with Gasteiger partial charge in [-0.25, -0.2) is 0 Å². The molecule has 0 amide bonds. The molecule has 0 aliphatic heterocycles. The van der Waals surface area contributed by atoms with Gasteiger partial charge in [-0.3, -0.25) is 9.59 Å². The van der Waals surface area contributed by atoms with Gasteiger partial charge >= 0.3 is 0 Å². The van der Waals surface area contributed by atoms with Gasteiger partial charge in [0.25, 0.3) is 0 Å². The van der Waals surface area contributed by atoms with Crippen LogP contribution in [0.5, 0.6) is 0 Å². The Balaban J connectivity index is 2.11. The second-order valence-corrected chi connectivity index (χ2v) is 8.90. The normalized spacial score (nSPS) is 48.9. The second kappa shape index (κ2) is 5.06. The fraction of sp³-hybridized carbons (Fsp3) is 0.714. The lowest BCUT2D eigenvalue weighted by molar-refractivity contribution is -0.188. The molecule has 0 aromatic carbocycles. The third kappa shape index (κ3) is 1.63. The summed E-state index contributed by atoms with van der Waals surface area (Å²) in [6.07, 6.45) is 3.73. The van der Waals surface area contributed by atoms with Crippen LogP contribution in [0, 0.1) is 34.5 Å². The number of carbonyl (C=O) groups excluding carboxylic acids is 2. The predicted octanol–water partition coefficient (Wildman–Crippen LogP) is 3.05. The third-order valence-electron chi connectivity index (χ3n) is 7.85. The standard InChI is InChI=1S/C21H28O4/c1-10-6-14-7-11(2)16-15(22)8-12(3)20(9-10)19(24)17(25-5)13(4)18(23)21(14,16)20/h6,11-12,14-16,22H,7-9H2,1-5H3/t11?,12-,14?,15-,16?,20?,21?/m0/s1. The molecule has 25 heavy (non-hydrogen) atoms. The molecule has 0 radical (unpaired) electrons. The van der Waals surface area contributed by atoms with Crippen molar-refractivity contribution in [3.8, 4) is 0 Å². The second-order valence-electron chi connectivity index (χ2n) is 8.90. The lowest BCUT2D eigenvalue weighted by Crippen LogP contribution is -2.69. The Kier molecular flexibility index (Phi) is 3.45. The monoisotopic (exact) mass is 344 g/mol. The zero-order chi connectivity index (χ0) is 18.3. The quantitative estimate of drug-likeness (QED) is 0.743. The molecule has 0 saturated heterocycles. The first-order valence-corrected chi connectivity index (χ1v) is 9.43. The number of Topliss-reactive ketones (excluding diaryl/α,β-unsaturated/α-hetero) is 2. The first-order chi connectivity index (χ1) is 11.7.